The van der Waals surface area contributed by atoms with Gasteiger partial charge in [0.1, 0.15) is 11.0 Å². The molecule has 0 aliphatic rings. The van der Waals surface area contributed by atoms with Crippen LogP contribution in [0.5, 0.6) is 0 Å². The standard InChI is InChI=1S/C28H25N9O/c1-16-5-4-6-17(11-16)20-9-10-30-27-24(20)33-28(34-27)26-25-22(35-36-26)8-7-21(32-25)18-12-19(14-29-13-18)31-23(38)15-37(2)3/h4-14H,15H2,1-3H3,(H,31,38)(H,35,36)(H,30,33,34). The summed E-state index contributed by atoms with van der Waals surface area (Å²) in [6, 6.07) is 15.9. The highest BCUT2D eigenvalue weighted by Gasteiger charge is 2.18. The van der Waals surface area contributed by atoms with Crippen molar-refractivity contribution in [3.05, 3.63) is 72.7 Å². The number of nitrogens with one attached hydrogen (secondary N) is 3. The van der Waals surface area contributed by atoms with Gasteiger partial charge in [-0.25, -0.2) is 15.0 Å². The molecule has 6 rings (SSSR count). The van der Waals surface area contributed by atoms with Gasteiger partial charge in [0.15, 0.2) is 17.2 Å². The Labute approximate surface area is 218 Å². The summed E-state index contributed by atoms with van der Waals surface area (Å²) in [4.78, 5) is 35.9. The third kappa shape index (κ3) is 4.48. The summed E-state index contributed by atoms with van der Waals surface area (Å²) in [5, 5.41) is 10.4. The van der Waals surface area contributed by atoms with Crippen LogP contribution < -0.4 is 5.32 Å². The lowest BCUT2D eigenvalue weighted by molar-refractivity contribution is -0.116. The molecule has 10 nitrogen and oxygen atoms in total. The molecule has 0 atom stereocenters. The molecule has 1 aromatic carbocycles. The number of amides is 1. The highest BCUT2D eigenvalue weighted by atomic mass is 16.2. The second-order valence-electron chi connectivity index (χ2n) is 9.42. The van der Waals surface area contributed by atoms with E-state index < -0.39 is 0 Å². The molecule has 0 aliphatic carbocycles. The lowest BCUT2D eigenvalue weighted by atomic mass is 10.0. The number of nitrogens with zero attached hydrogens (tertiary/aromatic N) is 6. The van der Waals surface area contributed by atoms with Crippen molar-refractivity contribution in [2.75, 3.05) is 26.0 Å². The van der Waals surface area contributed by atoms with Crippen LogP contribution in [0, 0.1) is 6.92 Å². The largest absolute Gasteiger partial charge is 0.324 e. The first-order chi connectivity index (χ1) is 18.4. The zero-order valence-electron chi connectivity index (χ0n) is 21.1. The number of rotatable bonds is 6. The second-order valence-corrected chi connectivity index (χ2v) is 9.42. The number of pyridine rings is 3. The van der Waals surface area contributed by atoms with Gasteiger partial charge in [-0.3, -0.25) is 14.9 Å². The Morgan fingerprint density at radius 2 is 1.89 bits per heavy atom. The summed E-state index contributed by atoms with van der Waals surface area (Å²) in [5.74, 6) is 0.462. The van der Waals surface area contributed by atoms with Crippen LogP contribution in [0.25, 0.3) is 56.1 Å². The van der Waals surface area contributed by atoms with Crippen LogP contribution in [0.15, 0.2) is 67.1 Å². The third-order valence-electron chi connectivity index (χ3n) is 6.12. The van der Waals surface area contributed by atoms with E-state index >= 15 is 0 Å². The summed E-state index contributed by atoms with van der Waals surface area (Å²) in [5.41, 5.74) is 8.81. The fraction of sp³-hybridized carbons (Fsp3) is 0.143. The van der Waals surface area contributed by atoms with Gasteiger partial charge in [-0.2, -0.15) is 5.10 Å². The molecule has 188 valence electrons. The maximum absolute atomic E-state index is 12.2. The Morgan fingerprint density at radius 3 is 2.74 bits per heavy atom. The molecule has 0 unspecified atom stereocenters. The predicted octanol–water partition coefficient (Wildman–Crippen LogP) is 4.43. The van der Waals surface area contributed by atoms with Crippen molar-refractivity contribution in [1.82, 2.24) is 40.0 Å². The molecule has 6 aromatic rings. The van der Waals surface area contributed by atoms with Crippen LogP contribution in [0.2, 0.25) is 0 Å². The number of likely N-dealkylation sites (N-methyl/N-ethyl adjacent to an activating group) is 1. The van der Waals surface area contributed by atoms with Crippen molar-refractivity contribution in [1.29, 1.82) is 0 Å². The maximum Gasteiger partial charge on any atom is 0.238 e. The second kappa shape index (κ2) is 9.49. The highest BCUT2D eigenvalue weighted by molar-refractivity contribution is 5.95. The molecular formula is C28H25N9O. The van der Waals surface area contributed by atoms with Gasteiger partial charge in [-0.1, -0.05) is 29.8 Å². The summed E-state index contributed by atoms with van der Waals surface area (Å²) < 4.78 is 0. The number of benzene rings is 1. The number of aromatic amines is 2. The molecule has 0 aliphatic heterocycles. The average Bonchev–Trinajstić information content (AvgIpc) is 3.52. The fourth-order valence-electron chi connectivity index (χ4n) is 4.43. The smallest absolute Gasteiger partial charge is 0.238 e. The van der Waals surface area contributed by atoms with Crippen LogP contribution in [-0.4, -0.2) is 66.6 Å². The number of anilines is 1. The highest BCUT2D eigenvalue weighted by Crippen LogP contribution is 2.31. The fourth-order valence-corrected chi connectivity index (χ4v) is 4.43. The molecule has 0 fully saturated rings. The monoisotopic (exact) mass is 503 g/mol. The van der Waals surface area contributed by atoms with E-state index in [-0.39, 0.29) is 12.5 Å². The number of hydrogen-bond acceptors (Lipinski definition) is 7. The zero-order valence-corrected chi connectivity index (χ0v) is 21.1. The number of fused-ring (bicyclic) bond motifs is 2. The van der Waals surface area contributed by atoms with E-state index in [1.165, 1.54) is 5.56 Å². The van der Waals surface area contributed by atoms with E-state index in [9.17, 15) is 4.79 Å². The Balaban J connectivity index is 1.38. The van der Waals surface area contributed by atoms with Gasteiger partial charge in [-0.15, -0.1) is 0 Å². The van der Waals surface area contributed by atoms with Crippen molar-refractivity contribution in [2.45, 2.75) is 6.92 Å². The Bertz CT molecular complexity index is 1800. The first-order valence-electron chi connectivity index (χ1n) is 12.1. The third-order valence-corrected chi connectivity index (χ3v) is 6.12. The molecule has 5 heterocycles. The molecule has 0 bridgehead atoms. The van der Waals surface area contributed by atoms with E-state index in [2.05, 4.69) is 55.6 Å². The normalized spacial score (nSPS) is 11.5. The van der Waals surface area contributed by atoms with Gasteiger partial charge in [0.2, 0.25) is 5.91 Å². The van der Waals surface area contributed by atoms with Crippen molar-refractivity contribution in [3.63, 3.8) is 0 Å². The average molecular weight is 504 g/mol. The Hall–Kier alpha value is -4.96. The topological polar surface area (TPSA) is 128 Å². The molecule has 38 heavy (non-hydrogen) atoms. The summed E-state index contributed by atoms with van der Waals surface area (Å²) in [6.07, 6.45) is 5.11. The summed E-state index contributed by atoms with van der Waals surface area (Å²) in [7, 11) is 3.69. The molecule has 5 aromatic heterocycles. The number of carbonyl (C=O) groups is 1. The van der Waals surface area contributed by atoms with Gasteiger partial charge in [0, 0.05) is 23.5 Å². The van der Waals surface area contributed by atoms with Gasteiger partial charge in [0.25, 0.3) is 0 Å². The minimum Gasteiger partial charge on any atom is -0.324 e. The maximum atomic E-state index is 12.2. The Kier molecular flexibility index (Phi) is 5.85. The van der Waals surface area contributed by atoms with E-state index in [4.69, 9.17) is 9.97 Å². The van der Waals surface area contributed by atoms with E-state index in [0.717, 1.165) is 27.7 Å². The van der Waals surface area contributed by atoms with E-state index in [0.29, 0.717) is 34.1 Å². The molecule has 0 radical (unpaired) electrons. The minimum absolute atomic E-state index is 0.113. The first-order valence-corrected chi connectivity index (χ1v) is 12.1. The quantitative estimate of drug-likeness (QED) is 0.307. The number of aryl methyl sites for hydroxylation is 1. The van der Waals surface area contributed by atoms with Gasteiger partial charge in [0.05, 0.1) is 29.6 Å². The predicted molar refractivity (Wildman–Crippen MR) is 147 cm³/mol. The minimum atomic E-state index is -0.113. The Morgan fingerprint density at radius 1 is 1.00 bits per heavy atom. The molecule has 1 amide bonds. The number of carbonyl (C=O) groups excluding carboxylic acids is 1. The molecule has 0 spiro atoms. The summed E-state index contributed by atoms with van der Waals surface area (Å²) in [6.45, 7) is 2.35. The van der Waals surface area contributed by atoms with Crippen molar-refractivity contribution >= 4 is 33.8 Å². The number of aromatic nitrogens is 7. The van der Waals surface area contributed by atoms with Crippen molar-refractivity contribution < 1.29 is 4.79 Å². The molecule has 10 heteroatoms. The SMILES string of the molecule is Cc1cccc(-c2ccnc3[nH]c(-c4n[nH]c5ccc(-c6cncc(NC(=O)CN(C)C)c6)nc45)nc23)c1. The number of hydrogen-bond donors (Lipinski definition) is 3. The van der Waals surface area contributed by atoms with Crippen LogP contribution in [0.3, 0.4) is 0 Å². The van der Waals surface area contributed by atoms with Crippen molar-refractivity contribution in [3.8, 4) is 33.9 Å². The van der Waals surface area contributed by atoms with Gasteiger partial charge < -0.3 is 15.2 Å². The lowest BCUT2D eigenvalue weighted by Crippen LogP contribution is -2.27. The zero-order chi connectivity index (χ0) is 26.2. The van der Waals surface area contributed by atoms with Crippen LogP contribution in [0.1, 0.15) is 5.56 Å². The van der Waals surface area contributed by atoms with Crippen LogP contribution in [0.4, 0.5) is 5.69 Å². The van der Waals surface area contributed by atoms with E-state index in [1.807, 2.05) is 44.4 Å². The number of H-pyrrole nitrogens is 2. The first kappa shape index (κ1) is 23.4. The molecule has 0 saturated heterocycles. The van der Waals surface area contributed by atoms with Crippen LogP contribution >= 0.6 is 0 Å². The van der Waals surface area contributed by atoms with Gasteiger partial charge >= 0.3 is 0 Å². The lowest BCUT2D eigenvalue weighted by Gasteiger charge is -2.10. The van der Waals surface area contributed by atoms with Gasteiger partial charge in [-0.05, 0) is 50.8 Å². The molecule has 0 saturated carbocycles. The van der Waals surface area contributed by atoms with Crippen LogP contribution in [-0.2, 0) is 4.79 Å². The summed E-state index contributed by atoms with van der Waals surface area (Å²) >= 11 is 0. The number of imidazole rings is 1. The van der Waals surface area contributed by atoms with E-state index in [1.54, 1.807) is 23.5 Å². The molecule has 3 N–H and O–H groups in total. The molecular weight excluding hydrogens is 478 g/mol. The van der Waals surface area contributed by atoms with Crippen molar-refractivity contribution in [2.24, 2.45) is 0 Å².